The highest BCUT2D eigenvalue weighted by Gasteiger charge is 2.23. The highest BCUT2D eigenvalue weighted by molar-refractivity contribution is 7.89. The first-order valence-electron chi connectivity index (χ1n) is 9.27. The molecule has 9 heteroatoms. The smallest absolute Gasteiger partial charge is 0.262 e. The number of ether oxygens (including phenoxy) is 2. The zero-order chi connectivity index (χ0) is 21.4. The standard InChI is InChI=1S/C20H25ClN2O5S/c1-4-23(5-2)29(25,26)17-10-11-19(27-6-3)18(13-17)22-20(24)14-28-16-9-7-8-15(21)12-16/h7-13H,4-6,14H2,1-3H3,(H,22,24). The zero-order valence-corrected chi connectivity index (χ0v) is 18.2. The monoisotopic (exact) mass is 440 g/mol. The highest BCUT2D eigenvalue weighted by atomic mass is 35.5. The van der Waals surface area contributed by atoms with Crippen LogP contribution in [-0.4, -0.2) is 44.9 Å². The number of nitrogens with zero attached hydrogens (tertiary/aromatic N) is 1. The summed E-state index contributed by atoms with van der Waals surface area (Å²) in [5.74, 6) is 0.376. The van der Waals surface area contributed by atoms with Crippen molar-refractivity contribution in [2.24, 2.45) is 0 Å². The minimum absolute atomic E-state index is 0.0794. The molecule has 29 heavy (non-hydrogen) atoms. The van der Waals surface area contributed by atoms with Gasteiger partial charge in [-0.3, -0.25) is 4.79 Å². The van der Waals surface area contributed by atoms with E-state index in [0.29, 0.717) is 36.2 Å². The second-order valence-corrected chi connectivity index (χ2v) is 8.35. The summed E-state index contributed by atoms with van der Waals surface area (Å²) in [6.45, 7) is 6.14. The van der Waals surface area contributed by atoms with Crippen LogP contribution in [0.5, 0.6) is 11.5 Å². The molecule has 0 heterocycles. The van der Waals surface area contributed by atoms with Crippen LogP contribution in [0, 0.1) is 0 Å². The predicted octanol–water partition coefficient (Wildman–Crippen LogP) is 3.79. The number of halogens is 1. The van der Waals surface area contributed by atoms with Gasteiger partial charge in [0.05, 0.1) is 17.2 Å². The van der Waals surface area contributed by atoms with Crippen LogP contribution in [0.4, 0.5) is 5.69 Å². The second kappa shape index (κ2) is 10.5. The molecule has 0 unspecified atom stereocenters. The number of hydrogen-bond acceptors (Lipinski definition) is 5. The molecule has 0 aliphatic rings. The van der Waals surface area contributed by atoms with Crippen LogP contribution in [-0.2, 0) is 14.8 Å². The second-order valence-electron chi connectivity index (χ2n) is 5.97. The Morgan fingerprint density at radius 1 is 1.07 bits per heavy atom. The fourth-order valence-electron chi connectivity index (χ4n) is 2.65. The quantitative estimate of drug-likeness (QED) is 0.607. The molecule has 158 valence electrons. The first-order valence-corrected chi connectivity index (χ1v) is 11.1. The van der Waals surface area contributed by atoms with Gasteiger partial charge in [-0.25, -0.2) is 8.42 Å². The Labute approximate surface area is 176 Å². The van der Waals surface area contributed by atoms with Gasteiger partial charge in [0.15, 0.2) is 6.61 Å². The van der Waals surface area contributed by atoms with Crippen molar-refractivity contribution < 1.29 is 22.7 Å². The molecule has 0 bridgehead atoms. The Balaban J connectivity index is 2.21. The Bertz CT molecular complexity index is 946. The van der Waals surface area contributed by atoms with Gasteiger partial charge in [-0.05, 0) is 43.3 Å². The van der Waals surface area contributed by atoms with E-state index in [9.17, 15) is 13.2 Å². The number of carbonyl (C=O) groups is 1. The van der Waals surface area contributed by atoms with Crippen LogP contribution in [0.15, 0.2) is 47.4 Å². The lowest BCUT2D eigenvalue weighted by Gasteiger charge is -2.20. The Morgan fingerprint density at radius 2 is 1.79 bits per heavy atom. The topological polar surface area (TPSA) is 84.9 Å². The largest absolute Gasteiger partial charge is 0.492 e. The molecule has 1 N–H and O–H groups in total. The molecular weight excluding hydrogens is 416 g/mol. The number of sulfonamides is 1. The summed E-state index contributed by atoms with van der Waals surface area (Å²) in [5.41, 5.74) is 0.264. The van der Waals surface area contributed by atoms with Crippen LogP contribution in [0.3, 0.4) is 0 Å². The molecule has 7 nitrogen and oxygen atoms in total. The highest BCUT2D eigenvalue weighted by Crippen LogP contribution is 2.29. The average Bonchev–Trinajstić information content (AvgIpc) is 2.68. The summed E-state index contributed by atoms with van der Waals surface area (Å²) < 4.78 is 37.8. The summed E-state index contributed by atoms with van der Waals surface area (Å²) in [6, 6.07) is 11.1. The molecule has 0 saturated heterocycles. The average molecular weight is 441 g/mol. The minimum Gasteiger partial charge on any atom is -0.492 e. The lowest BCUT2D eigenvalue weighted by Crippen LogP contribution is -2.30. The third-order valence-corrected chi connectivity index (χ3v) is 6.32. The molecular formula is C20H25ClN2O5S. The molecule has 0 aromatic heterocycles. The molecule has 0 aliphatic carbocycles. The molecule has 2 rings (SSSR count). The van der Waals surface area contributed by atoms with E-state index in [-0.39, 0.29) is 17.2 Å². The van der Waals surface area contributed by atoms with Gasteiger partial charge in [-0.15, -0.1) is 0 Å². The maximum Gasteiger partial charge on any atom is 0.262 e. The molecule has 2 aromatic rings. The summed E-state index contributed by atoms with van der Waals surface area (Å²) in [6.07, 6.45) is 0. The molecule has 0 spiro atoms. The fraction of sp³-hybridized carbons (Fsp3) is 0.350. The zero-order valence-electron chi connectivity index (χ0n) is 16.6. The van der Waals surface area contributed by atoms with Crippen molar-refractivity contribution in [2.45, 2.75) is 25.7 Å². The van der Waals surface area contributed by atoms with Crippen molar-refractivity contribution in [3.8, 4) is 11.5 Å². The summed E-state index contributed by atoms with van der Waals surface area (Å²) in [7, 11) is -3.67. The third kappa shape index (κ3) is 6.09. The number of amides is 1. The Morgan fingerprint density at radius 3 is 2.41 bits per heavy atom. The molecule has 0 atom stereocenters. The Hall–Kier alpha value is -2.29. The number of benzene rings is 2. The van der Waals surface area contributed by atoms with Crippen LogP contribution >= 0.6 is 11.6 Å². The molecule has 2 aromatic carbocycles. The summed E-state index contributed by atoms with van der Waals surface area (Å²) in [5, 5.41) is 3.16. The predicted molar refractivity (Wildman–Crippen MR) is 113 cm³/mol. The van der Waals surface area contributed by atoms with Crippen molar-refractivity contribution in [3.63, 3.8) is 0 Å². The van der Waals surface area contributed by atoms with Crippen molar-refractivity contribution in [3.05, 3.63) is 47.5 Å². The van der Waals surface area contributed by atoms with Crippen molar-refractivity contribution >= 4 is 33.2 Å². The molecule has 0 saturated carbocycles. The maximum absolute atomic E-state index is 12.8. The molecule has 0 radical (unpaired) electrons. The third-order valence-electron chi connectivity index (χ3n) is 4.03. The van der Waals surface area contributed by atoms with Crippen molar-refractivity contribution in [1.29, 1.82) is 0 Å². The maximum atomic E-state index is 12.8. The van der Waals surface area contributed by atoms with Crippen LogP contribution in [0.1, 0.15) is 20.8 Å². The molecule has 0 fully saturated rings. The van der Waals surface area contributed by atoms with E-state index in [1.54, 1.807) is 45.0 Å². The van der Waals surface area contributed by atoms with Gasteiger partial charge in [0.25, 0.3) is 5.91 Å². The van der Waals surface area contributed by atoms with E-state index >= 15 is 0 Å². The fourth-order valence-corrected chi connectivity index (χ4v) is 4.32. The molecule has 1 amide bonds. The van der Waals surface area contributed by atoms with Gasteiger partial charge in [-0.1, -0.05) is 31.5 Å². The minimum atomic E-state index is -3.67. The lowest BCUT2D eigenvalue weighted by molar-refractivity contribution is -0.118. The van der Waals surface area contributed by atoms with Gasteiger partial charge in [0.1, 0.15) is 11.5 Å². The summed E-state index contributed by atoms with van der Waals surface area (Å²) in [4.78, 5) is 12.4. The SMILES string of the molecule is CCOc1ccc(S(=O)(=O)N(CC)CC)cc1NC(=O)COc1cccc(Cl)c1. The number of rotatable bonds is 10. The number of anilines is 1. The van der Waals surface area contributed by atoms with E-state index in [4.69, 9.17) is 21.1 Å². The van der Waals surface area contributed by atoms with E-state index in [1.807, 2.05) is 0 Å². The van der Waals surface area contributed by atoms with Gasteiger partial charge in [0, 0.05) is 18.1 Å². The van der Waals surface area contributed by atoms with E-state index < -0.39 is 15.9 Å². The first-order chi connectivity index (χ1) is 13.8. The van der Waals surface area contributed by atoms with E-state index in [1.165, 1.54) is 22.5 Å². The van der Waals surface area contributed by atoms with Gasteiger partial charge < -0.3 is 14.8 Å². The lowest BCUT2D eigenvalue weighted by atomic mass is 10.3. The van der Waals surface area contributed by atoms with Gasteiger partial charge >= 0.3 is 0 Å². The first kappa shape index (κ1) is 23.0. The van der Waals surface area contributed by atoms with Crippen LogP contribution in [0.2, 0.25) is 5.02 Å². The van der Waals surface area contributed by atoms with E-state index in [0.717, 1.165) is 0 Å². The van der Waals surface area contributed by atoms with Crippen LogP contribution < -0.4 is 14.8 Å². The number of carbonyl (C=O) groups excluding carboxylic acids is 1. The Kier molecular flexibility index (Phi) is 8.31. The van der Waals surface area contributed by atoms with Gasteiger partial charge in [0.2, 0.25) is 10.0 Å². The van der Waals surface area contributed by atoms with Crippen LogP contribution in [0.25, 0.3) is 0 Å². The van der Waals surface area contributed by atoms with Crippen molar-refractivity contribution in [2.75, 3.05) is 31.6 Å². The normalized spacial score (nSPS) is 11.3. The number of nitrogens with one attached hydrogen (secondary N) is 1. The van der Waals surface area contributed by atoms with Crippen molar-refractivity contribution in [1.82, 2.24) is 4.31 Å². The molecule has 0 aliphatic heterocycles. The van der Waals surface area contributed by atoms with E-state index in [2.05, 4.69) is 5.32 Å². The van der Waals surface area contributed by atoms with Gasteiger partial charge in [-0.2, -0.15) is 4.31 Å². The summed E-state index contributed by atoms with van der Waals surface area (Å²) >= 11 is 5.90. The number of hydrogen-bond donors (Lipinski definition) is 1.